The van der Waals surface area contributed by atoms with Crippen LogP contribution in [-0.2, 0) is 0 Å². The Kier molecular flexibility index (Phi) is 11.4. The lowest BCUT2D eigenvalue weighted by Crippen LogP contribution is -2.16. The van der Waals surface area contributed by atoms with Gasteiger partial charge in [-0.3, -0.25) is 0 Å². The maximum Gasteiger partial charge on any atom is 0.104 e. The molecular formula is C92H50N6S2. The number of thiophene rings is 2. The van der Waals surface area contributed by atoms with Crippen LogP contribution in [0, 0.1) is 22.7 Å². The second-order valence-corrected chi connectivity index (χ2v) is 28.4. The van der Waals surface area contributed by atoms with Crippen LogP contribution in [0.5, 0.6) is 0 Å². The van der Waals surface area contributed by atoms with Crippen LogP contribution < -0.4 is 0 Å². The fourth-order valence-electron chi connectivity index (χ4n) is 17.3. The Morgan fingerprint density at radius 2 is 0.630 bits per heavy atom. The summed E-state index contributed by atoms with van der Waals surface area (Å²) in [4.78, 5) is 0. The van der Waals surface area contributed by atoms with Crippen LogP contribution in [0.3, 0.4) is 0 Å². The molecule has 0 N–H and O–H groups in total. The first kappa shape index (κ1) is 55.1. The Morgan fingerprint density at radius 1 is 0.240 bits per heavy atom. The molecule has 6 aromatic heterocycles. The van der Waals surface area contributed by atoms with Crippen molar-refractivity contribution in [1.29, 1.82) is 10.5 Å². The summed E-state index contributed by atoms with van der Waals surface area (Å²) in [7, 11) is 0. The lowest BCUT2D eigenvalue weighted by Gasteiger charge is -2.27. The van der Waals surface area contributed by atoms with E-state index >= 15 is 0 Å². The van der Waals surface area contributed by atoms with Gasteiger partial charge in [-0.15, -0.1) is 22.7 Å². The van der Waals surface area contributed by atoms with Gasteiger partial charge in [0.25, 0.3) is 0 Å². The van der Waals surface area contributed by atoms with E-state index in [2.05, 4.69) is 334 Å². The molecule has 6 heterocycles. The topological polar surface area (TPSA) is 67.3 Å². The highest BCUT2D eigenvalue weighted by atomic mass is 32.1. The van der Waals surface area contributed by atoms with Crippen molar-refractivity contribution in [3.63, 3.8) is 0 Å². The number of hydrogen-bond acceptors (Lipinski definition) is 4. The smallest absolute Gasteiger partial charge is 0.104 e. The third kappa shape index (κ3) is 7.37. The van der Waals surface area contributed by atoms with Gasteiger partial charge in [-0.2, -0.15) is 10.5 Å². The molecule has 460 valence electrons. The van der Waals surface area contributed by atoms with Crippen molar-refractivity contribution in [1.82, 2.24) is 18.3 Å². The minimum absolute atomic E-state index is 0.402. The van der Waals surface area contributed by atoms with Gasteiger partial charge in [-0.25, -0.2) is 0 Å². The van der Waals surface area contributed by atoms with Gasteiger partial charge in [0, 0.05) is 74.0 Å². The summed E-state index contributed by atoms with van der Waals surface area (Å²) < 4.78 is 14.0. The second-order valence-electron chi connectivity index (χ2n) is 26.3. The summed E-state index contributed by atoms with van der Waals surface area (Å²) in [6.45, 7) is 0. The molecule has 0 aliphatic heterocycles. The van der Waals surface area contributed by atoms with Crippen LogP contribution in [0.15, 0.2) is 303 Å². The number of fused-ring (bicyclic) bond motifs is 24. The number of aromatic nitrogens is 4. The van der Waals surface area contributed by atoms with Crippen LogP contribution in [0.4, 0.5) is 0 Å². The largest absolute Gasteiger partial charge is 0.306 e. The SMILES string of the molecule is N#Cc1c(-n2c3ccccc3c3ccccc32)c(-n2c3cccc(-c4cccc5ccccc45)c3c3ccc4c5ccccc5sc4c32)c(C#N)c(-n2c3ccccc3c3ccccc32)c1-n1c2cc(-c3cc4ccccc4c4ccccc34)ccc2c2ccc3c4ccccc4sc3c21. The van der Waals surface area contributed by atoms with E-state index in [0.29, 0.717) is 33.9 Å². The van der Waals surface area contributed by atoms with Crippen molar-refractivity contribution >= 4 is 183 Å². The summed E-state index contributed by atoms with van der Waals surface area (Å²) in [6, 6.07) is 116. The average Bonchev–Trinajstić information content (AvgIpc) is 1.49. The van der Waals surface area contributed by atoms with Crippen LogP contribution in [0.1, 0.15) is 11.1 Å². The number of rotatable bonds is 6. The van der Waals surface area contributed by atoms with Crippen LogP contribution >= 0.6 is 22.7 Å². The Morgan fingerprint density at radius 3 is 1.21 bits per heavy atom. The normalized spacial score (nSPS) is 12.2. The molecule has 0 bridgehead atoms. The molecule has 0 saturated carbocycles. The Labute approximate surface area is 578 Å². The highest BCUT2D eigenvalue weighted by Gasteiger charge is 2.36. The zero-order valence-electron chi connectivity index (χ0n) is 53.4. The van der Waals surface area contributed by atoms with Crippen molar-refractivity contribution < 1.29 is 0 Å². The van der Waals surface area contributed by atoms with Gasteiger partial charge >= 0.3 is 0 Å². The van der Waals surface area contributed by atoms with E-state index in [1.807, 2.05) is 0 Å². The minimum atomic E-state index is 0.402. The second kappa shape index (κ2) is 20.7. The molecule has 0 spiro atoms. The number of benzene rings is 16. The van der Waals surface area contributed by atoms with E-state index in [1.165, 1.54) is 10.8 Å². The zero-order valence-corrected chi connectivity index (χ0v) is 55.0. The maximum absolute atomic E-state index is 13.6. The van der Waals surface area contributed by atoms with E-state index in [1.54, 1.807) is 22.7 Å². The number of para-hydroxylation sites is 4. The average molecular weight is 1300 g/mol. The fraction of sp³-hybridized carbons (Fsp3) is 0. The van der Waals surface area contributed by atoms with Gasteiger partial charge in [0.15, 0.2) is 0 Å². The molecule has 0 amide bonds. The summed E-state index contributed by atoms with van der Waals surface area (Å²) in [6.07, 6.45) is 0. The van der Waals surface area contributed by atoms with E-state index in [9.17, 15) is 10.5 Å². The molecule has 6 nitrogen and oxygen atoms in total. The van der Waals surface area contributed by atoms with Crippen LogP contribution in [0.2, 0.25) is 0 Å². The number of nitriles is 2. The maximum atomic E-state index is 13.6. The molecule has 0 unspecified atom stereocenters. The fourth-order valence-corrected chi connectivity index (χ4v) is 19.8. The number of nitrogens with zero attached hydrogens (tertiary/aromatic N) is 6. The molecule has 0 aliphatic carbocycles. The van der Waals surface area contributed by atoms with Crippen molar-refractivity contribution in [2.45, 2.75) is 0 Å². The Hall–Kier alpha value is -13.1. The highest BCUT2D eigenvalue weighted by Crippen LogP contribution is 2.54. The highest BCUT2D eigenvalue weighted by molar-refractivity contribution is 7.27. The molecule has 0 fully saturated rings. The van der Waals surface area contributed by atoms with Crippen molar-refractivity contribution in [3.05, 3.63) is 314 Å². The molecular weight excluding hydrogens is 1250 g/mol. The first-order valence-electron chi connectivity index (χ1n) is 33.8. The summed E-state index contributed by atoms with van der Waals surface area (Å²) in [5, 5.41) is 47.0. The Bertz CT molecular complexity index is 7400. The molecule has 16 aromatic carbocycles. The van der Waals surface area contributed by atoms with Crippen molar-refractivity contribution in [3.8, 4) is 57.1 Å². The van der Waals surface area contributed by atoms with E-state index in [4.69, 9.17) is 0 Å². The molecule has 0 radical (unpaired) electrons. The minimum Gasteiger partial charge on any atom is -0.306 e. The molecule has 22 rings (SSSR count). The predicted octanol–water partition coefficient (Wildman–Crippen LogP) is 25.3. The van der Waals surface area contributed by atoms with Crippen molar-refractivity contribution in [2.75, 3.05) is 0 Å². The van der Waals surface area contributed by atoms with Gasteiger partial charge in [-0.05, 0) is 109 Å². The predicted molar refractivity (Wildman–Crippen MR) is 422 cm³/mol. The summed E-state index contributed by atoms with van der Waals surface area (Å²) in [5.74, 6) is 0. The van der Waals surface area contributed by atoms with Gasteiger partial charge < -0.3 is 18.3 Å². The van der Waals surface area contributed by atoms with Crippen molar-refractivity contribution in [2.24, 2.45) is 0 Å². The lowest BCUT2D eigenvalue weighted by molar-refractivity contribution is 1.03. The van der Waals surface area contributed by atoms with Gasteiger partial charge in [0.2, 0.25) is 0 Å². The third-order valence-electron chi connectivity index (χ3n) is 21.4. The molecule has 0 saturated heterocycles. The third-order valence-corrected chi connectivity index (χ3v) is 23.8. The van der Waals surface area contributed by atoms with E-state index in [0.717, 1.165) is 171 Å². The first-order chi connectivity index (χ1) is 49.6. The summed E-state index contributed by atoms with van der Waals surface area (Å²) in [5.41, 5.74) is 14.9. The quantitative estimate of drug-likeness (QED) is 0.156. The van der Waals surface area contributed by atoms with Gasteiger partial charge in [0.05, 0.1) is 76.3 Å². The molecule has 0 atom stereocenters. The van der Waals surface area contributed by atoms with Gasteiger partial charge in [0.1, 0.15) is 23.3 Å². The van der Waals surface area contributed by atoms with E-state index in [-0.39, 0.29) is 0 Å². The Balaban J connectivity index is 1.02. The molecule has 22 aromatic rings. The lowest BCUT2D eigenvalue weighted by atomic mass is 9.93. The zero-order chi connectivity index (χ0) is 65.6. The first-order valence-corrected chi connectivity index (χ1v) is 35.4. The summed E-state index contributed by atoms with van der Waals surface area (Å²) >= 11 is 3.56. The monoisotopic (exact) mass is 1300 g/mol. The van der Waals surface area contributed by atoms with Crippen LogP contribution in [0.25, 0.3) is 205 Å². The molecule has 8 heteroatoms. The molecule has 100 heavy (non-hydrogen) atoms. The standard InChI is InChI=1S/C92H50N6S2/c93-51-74-86(96-78-38-15-9-30-63(78)64-31-10-16-39-79(64)96)88(98-81-50-55(73-49-54-22-2-4-25-57(54)58-26-5-6-27-60(58)73)43-44-65(81)69-45-46-70-66-32-11-17-41-82(66)99-91(70)89(69)98)75(52-94)85(95-76-36-13-7-28-61(76)62-29-8-14-37-77(62)95)87(74)97-80-40-20-35-68(59-34-19-23-53-21-1-3-24-56(53)59)84(80)72-48-47-71-67-33-12-18-42-83(67)100-92(71)90(72)97/h1-50H. The molecule has 0 aliphatic rings. The number of hydrogen-bond donors (Lipinski definition) is 0. The van der Waals surface area contributed by atoms with Crippen LogP contribution in [-0.4, -0.2) is 18.3 Å². The van der Waals surface area contributed by atoms with Gasteiger partial charge in [-0.1, -0.05) is 249 Å². The van der Waals surface area contributed by atoms with E-state index < -0.39 is 0 Å².